The first kappa shape index (κ1) is 23.7. The summed E-state index contributed by atoms with van der Waals surface area (Å²) in [6.07, 6.45) is 0. The maximum absolute atomic E-state index is 2.51. The van der Waals surface area contributed by atoms with Gasteiger partial charge in [-0.15, -0.1) is 0 Å². The molecule has 44 heavy (non-hydrogen) atoms. The quantitative estimate of drug-likeness (QED) is 0.204. The van der Waals surface area contributed by atoms with E-state index in [1.165, 1.54) is 87.8 Å². The van der Waals surface area contributed by atoms with Crippen molar-refractivity contribution in [2.24, 2.45) is 0 Å². The molecule has 204 valence electrons. The third-order valence-corrected chi connectivity index (χ3v) is 9.44. The van der Waals surface area contributed by atoms with Crippen molar-refractivity contribution in [2.75, 3.05) is 0 Å². The number of para-hydroxylation sites is 4. The van der Waals surface area contributed by atoms with E-state index < -0.39 is 0 Å². The van der Waals surface area contributed by atoms with Crippen molar-refractivity contribution in [3.8, 4) is 27.9 Å². The van der Waals surface area contributed by atoms with Crippen molar-refractivity contribution in [1.82, 2.24) is 8.97 Å². The van der Waals surface area contributed by atoms with Crippen LogP contribution < -0.4 is 0 Å². The third-order valence-electron chi connectivity index (χ3n) is 9.44. The monoisotopic (exact) mass is 558 g/mol. The summed E-state index contributed by atoms with van der Waals surface area (Å²) in [6, 6.07) is 57.6. The first-order valence-corrected chi connectivity index (χ1v) is 15.2. The summed E-state index contributed by atoms with van der Waals surface area (Å²) >= 11 is 0. The molecule has 0 amide bonds. The summed E-state index contributed by atoms with van der Waals surface area (Å²) in [5.41, 5.74) is 12.4. The molecule has 0 fully saturated rings. The summed E-state index contributed by atoms with van der Waals surface area (Å²) in [6.45, 7) is 0. The van der Waals surface area contributed by atoms with E-state index in [0.717, 1.165) is 0 Å². The number of rotatable bonds is 3. The zero-order valence-corrected chi connectivity index (χ0v) is 23.9. The number of fused-ring (bicyclic) bond motifs is 9. The lowest BCUT2D eigenvalue weighted by Crippen LogP contribution is -1.94. The van der Waals surface area contributed by atoms with Crippen molar-refractivity contribution in [1.29, 1.82) is 0 Å². The molecular formula is C42H26N2. The summed E-state index contributed by atoms with van der Waals surface area (Å²) in [5.74, 6) is 0. The molecule has 3 heterocycles. The fraction of sp³-hybridized carbons (Fsp3) is 0. The van der Waals surface area contributed by atoms with Crippen LogP contribution in [0.15, 0.2) is 158 Å². The van der Waals surface area contributed by atoms with Crippen LogP contribution in [0.5, 0.6) is 0 Å². The molecule has 0 aliphatic rings. The molecule has 0 N–H and O–H groups in total. The number of hydrogen-bond donors (Lipinski definition) is 0. The molecule has 2 nitrogen and oxygen atoms in total. The molecule has 10 aromatic rings. The van der Waals surface area contributed by atoms with E-state index in [1.807, 2.05) is 0 Å². The molecule has 10 rings (SSSR count). The summed E-state index contributed by atoms with van der Waals surface area (Å²) < 4.78 is 4.94. The Hall–Kier alpha value is -5.86. The van der Waals surface area contributed by atoms with Crippen molar-refractivity contribution in [3.05, 3.63) is 158 Å². The smallest absolute Gasteiger partial charge is 0.0620 e. The van der Waals surface area contributed by atoms with Gasteiger partial charge < -0.3 is 8.97 Å². The first-order valence-electron chi connectivity index (χ1n) is 15.2. The van der Waals surface area contributed by atoms with Gasteiger partial charge in [-0.3, -0.25) is 0 Å². The normalized spacial score (nSPS) is 12.1. The average molecular weight is 559 g/mol. The Bertz CT molecular complexity index is 2710. The summed E-state index contributed by atoms with van der Waals surface area (Å²) in [5, 5.41) is 7.77. The highest BCUT2D eigenvalue weighted by molar-refractivity contribution is 6.26. The fourth-order valence-corrected chi connectivity index (χ4v) is 7.66. The minimum atomic E-state index is 1.17. The van der Waals surface area contributed by atoms with Gasteiger partial charge >= 0.3 is 0 Å². The second kappa shape index (κ2) is 8.82. The Kier molecular flexibility index (Phi) is 4.75. The van der Waals surface area contributed by atoms with Gasteiger partial charge in [0.25, 0.3) is 0 Å². The maximum Gasteiger partial charge on any atom is 0.0620 e. The molecule has 0 unspecified atom stereocenters. The van der Waals surface area contributed by atoms with Crippen LogP contribution in [0.25, 0.3) is 87.8 Å². The Morgan fingerprint density at radius 2 is 0.909 bits per heavy atom. The molecule has 0 aliphatic heterocycles. The van der Waals surface area contributed by atoms with Crippen molar-refractivity contribution in [3.63, 3.8) is 0 Å². The molecule has 7 aromatic carbocycles. The van der Waals surface area contributed by atoms with E-state index in [0.29, 0.717) is 0 Å². The van der Waals surface area contributed by atoms with E-state index in [9.17, 15) is 0 Å². The lowest BCUT2D eigenvalue weighted by atomic mass is 9.97. The molecule has 0 spiro atoms. The highest BCUT2D eigenvalue weighted by Gasteiger charge is 2.22. The summed E-state index contributed by atoms with van der Waals surface area (Å²) in [4.78, 5) is 0. The molecule has 2 heteroatoms. The molecular weight excluding hydrogens is 532 g/mol. The van der Waals surface area contributed by atoms with Gasteiger partial charge in [-0.1, -0.05) is 127 Å². The standard InChI is InChI=1S/C42H26N2/c1-2-12-27(13-3-1)28-14-8-15-29(26-28)43-38-24-7-5-17-36(38)40-31(18-11-25-39(40)43)33-20-10-22-35-34-21-9-19-32-30-16-4-6-23-37(30)44(41(32)34)42(33)35/h1-26H. The molecule has 0 bridgehead atoms. The minimum absolute atomic E-state index is 1.17. The van der Waals surface area contributed by atoms with Crippen molar-refractivity contribution < 1.29 is 0 Å². The Balaban J connectivity index is 1.32. The highest BCUT2D eigenvalue weighted by Crippen LogP contribution is 2.45. The predicted octanol–water partition coefficient (Wildman–Crippen LogP) is 11.3. The number of aromatic nitrogens is 2. The van der Waals surface area contributed by atoms with E-state index in [1.54, 1.807) is 0 Å². The number of benzene rings is 7. The van der Waals surface area contributed by atoms with Crippen LogP contribution in [0.3, 0.4) is 0 Å². The lowest BCUT2D eigenvalue weighted by Gasteiger charge is -2.11. The number of hydrogen-bond acceptors (Lipinski definition) is 0. The topological polar surface area (TPSA) is 9.34 Å². The lowest BCUT2D eigenvalue weighted by molar-refractivity contribution is 1.18. The zero-order chi connectivity index (χ0) is 28.8. The summed E-state index contributed by atoms with van der Waals surface area (Å²) in [7, 11) is 0. The van der Waals surface area contributed by atoms with Crippen LogP contribution >= 0.6 is 0 Å². The second-order valence-electron chi connectivity index (χ2n) is 11.7. The van der Waals surface area contributed by atoms with Crippen LogP contribution in [0.4, 0.5) is 0 Å². The first-order chi connectivity index (χ1) is 21.9. The number of nitrogens with zero attached hydrogens (tertiary/aromatic N) is 2. The van der Waals surface area contributed by atoms with Gasteiger partial charge in [0, 0.05) is 43.6 Å². The highest BCUT2D eigenvalue weighted by atomic mass is 15.0. The molecule has 0 atom stereocenters. The van der Waals surface area contributed by atoms with Gasteiger partial charge in [0.05, 0.1) is 27.6 Å². The average Bonchev–Trinajstić information content (AvgIpc) is 3.74. The molecule has 3 aromatic heterocycles. The predicted molar refractivity (Wildman–Crippen MR) is 186 cm³/mol. The third kappa shape index (κ3) is 3.09. The van der Waals surface area contributed by atoms with Crippen molar-refractivity contribution >= 4 is 59.9 Å². The van der Waals surface area contributed by atoms with E-state index in [4.69, 9.17) is 0 Å². The van der Waals surface area contributed by atoms with Gasteiger partial charge in [0.1, 0.15) is 0 Å². The van der Waals surface area contributed by atoms with E-state index >= 15 is 0 Å². The maximum atomic E-state index is 2.51. The molecule has 0 saturated heterocycles. The van der Waals surface area contributed by atoms with Crippen molar-refractivity contribution in [2.45, 2.75) is 0 Å². The Morgan fingerprint density at radius 3 is 1.77 bits per heavy atom. The van der Waals surface area contributed by atoms with Crippen LogP contribution in [-0.4, -0.2) is 8.97 Å². The Labute approximate surface area is 254 Å². The Morgan fingerprint density at radius 1 is 0.341 bits per heavy atom. The SMILES string of the molecule is c1ccc(-c2cccc(-n3c4ccccc4c4c(-c5cccc6c7cccc8c9ccccc9n(c56)c87)cccc43)c2)cc1. The van der Waals surface area contributed by atoms with Crippen LogP contribution in [-0.2, 0) is 0 Å². The van der Waals surface area contributed by atoms with Crippen LogP contribution in [0, 0.1) is 0 Å². The van der Waals surface area contributed by atoms with Gasteiger partial charge in [-0.05, 0) is 47.0 Å². The molecule has 0 radical (unpaired) electrons. The van der Waals surface area contributed by atoms with Crippen LogP contribution in [0.1, 0.15) is 0 Å². The largest absolute Gasteiger partial charge is 0.309 e. The zero-order valence-electron chi connectivity index (χ0n) is 23.9. The molecule has 0 aliphatic carbocycles. The fourth-order valence-electron chi connectivity index (χ4n) is 7.66. The van der Waals surface area contributed by atoms with E-state index in [2.05, 4.69) is 167 Å². The minimum Gasteiger partial charge on any atom is -0.309 e. The second-order valence-corrected chi connectivity index (χ2v) is 11.7. The van der Waals surface area contributed by atoms with Gasteiger partial charge in [-0.2, -0.15) is 0 Å². The van der Waals surface area contributed by atoms with E-state index in [-0.39, 0.29) is 0 Å². The van der Waals surface area contributed by atoms with Crippen LogP contribution in [0.2, 0.25) is 0 Å². The van der Waals surface area contributed by atoms with Gasteiger partial charge in [0.2, 0.25) is 0 Å². The molecule has 0 saturated carbocycles. The van der Waals surface area contributed by atoms with Gasteiger partial charge in [-0.25, -0.2) is 0 Å². The van der Waals surface area contributed by atoms with Gasteiger partial charge in [0.15, 0.2) is 0 Å².